The molecule has 0 aliphatic rings. The minimum atomic E-state index is -0.318. The number of aliphatic hydroxyl groups is 1. The van der Waals surface area contributed by atoms with Crippen molar-refractivity contribution in [3.63, 3.8) is 0 Å². The summed E-state index contributed by atoms with van der Waals surface area (Å²) in [6.45, 7) is 9.51. The van der Waals surface area contributed by atoms with Crippen LogP contribution in [0.15, 0.2) is 5.51 Å². The summed E-state index contributed by atoms with van der Waals surface area (Å²) in [6.07, 6.45) is -0.318. The molecule has 4 nitrogen and oxygen atoms in total. The zero-order chi connectivity index (χ0) is 13.5. The van der Waals surface area contributed by atoms with E-state index >= 15 is 0 Å². The Balaban J connectivity index is 2.23. The van der Waals surface area contributed by atoms with Gasteiger partial charge in [0, 0.05) is 24.5 Å². The first-order valence-corrected chi connectivity index (χ1v) is 7.33. The largest absolute Gasteiger partial charge is 0.390 e. The van der Waals surface area contributed by atoms with Gasteiger partial charge in [0.2, 0.25) is 0 Å². The Morgan fingerprint density at radius 3 is 2.72 bits per heavy atom. The van der Waals surface area contributed by atoms with Gasteiger partial charge in [-0.15, -0.1) is 11.3 Å². The van der Waals surface area contributed by atoms with Crippen LogP contribution in [0, 0.1) is 12.8 Å². The summed E-state index contributed by atoms with van der Waals surface area (Å²) in [5, 5.41) is 13.2. The fraction of sp³-hybridized carbons (Fsp3) is 0.769. The first kappa shape index (κ1) is 15.6. The molecular formula is C13H25N3OS. The van der Waals surface area contributed by atoms with E-state index in [0.29, 0.717) is 19.0 Å². The van der Waals surface area contributed by atoms with Crippen molar-refractivity contribution in [2.24, 2.45) is 5.92 Å². The average molecular weight is 271 g/mol. The SMILES string of the molecule is Cc1ncsc1CN(C)CC(O)CNCC(C)C. The lowest BCUT2D eigenvalue weighted by Crippen LogP contribution is -2.37. The second-order valence-electron chi connectivity index (χ2n) is 5.26. The van der Waals surface area contributed by atoms with E-state index < -0.39 is 0 Å². The minimum Gasteiger partial charge on any atom is -0.390 e. The number of hydrogen-bond donors (Lipinski definition) is 2. The first-order valence-electron chi connectivity index (χ1n) is 6.45. The van der Waals surface area contributed by atoms with Gasteiger partial charge in [0.25, 0.3) is 0 Å². The summed E-state index contributed by atoms with van der Waals surface area (Å²) in [6, 6.07) is 0. The Morgan fingerprint density at radius 1 is 1.44 bits per heavy atom. The fourth-order valence-corrected chi connectivity index (χ4v) is 2.61. The summed E-state index contributed by atoms with van der Waals surface area (Å²) in [7, 11) is 2.03. The molecule has 1 aromatic rings. The predicted octanol–water partition coefficient (Wildman–Crippen LogP) is 1.49. The number of aliphatic hydroxyl groups excluding tert-OH is 1. The fourth-order valence-electron chi connectivity index (χ4n) is 1.75. The highest BCUT2D eigenvalue weighted by Crippen LogP contribution is 2.14. The van der Waals surface area contributed by atoms with Crippen LogP contribution in [0.5, 0.6) is 0 Å². The molecule has 1 unspecified atom stereocenters. The van der Waals surface area contributed by atoms with Gasteiger partial charge in [0.05, 0.1) is 17.3 Å². The molecule has 2 N–H and O–H groups in total. The van der Waals surface area contributed by atoms with Crippen molar-refractivity contribution in [1.82, 2.24) is 15.2 Å². The number of aryl methyl sites for hydroxylation is 1. The molecule has 1 atom stereocenters. The summed E-state index contributed by atoms with van der Waals surface area (Å²) < 4.78 is 0. The lowest BCUT2D eigenvalue weighted by Gasteiger charge is -2.20. The molecule has 1 aromatic heterocycles. The maximum absolute atomic E-state index is 9.91. The quantitative estimate of drug-likeness (QED) is 0.752. The van der Waals surface area contributed by atoms with E-state index in [1.807, 2.05) is 19.5 Å². The summed E-state index contributed by atoms with van der Waals surface area (Å²) in [5.74, 6) is 0.620. The highest BCUT2D eigenvalue weighted by Gasteiger charge is 2.10. The highest BCUT2D eigenvalue weighted by molar-refractivity contribution is 7.09. The van der Waals surface area contributed by atoms with Crippen LogP contribution in [0.3, 0.4) is 0 Å². The number of aromatic nitrogens is 1. The van der Waals surface area contributed by atoms with Gasteiger partial charge in [0.1, 0.15) is 0 Å². The van der Waals surface area contributed by atoms with Crippen LogP contribution in [0.25, 0.3) is 0 Å². The molecule has 0 radical (unpaired) electrons. The molecule has 0 saturated heterocycles. The number of hydrogen-bond acceptors (Lipinski definition) is 5. The molecular weight excluding hydrogens is 246 g/mol. The number of thiazole rings is 1. The smallest absolute Gasteiger partial charge is 0.0798 e. The van der Waals surface area contributed by atoms with Crippen LogP contribution in [-0.4, -0.2) is 47.8 Å². The third kappa shape index (κ3) is 5.91. The van der Waals surface area contributed by atoms with Crippen molar-refractivity contribution in [2.75, 3.05) is 26.7 Å². The molecule has 0 aliphatic heterocycles. The number of likely N-dealkylation sites (N-methyl/N-ethyl adjacent to an activating group) is 1. The zero-order valence-electron chi connectivity index (χ0n) is 11.8. The van der Waals surface area contributed by atoms with Crippen LogP contribution < -0.4 is 5.32 Å². The highest BCUT2D eigenvalue weighted by atomic mass is 32.1. The number of nitrogens with zero attached hydrogens (tertiary/aromatic N) is 2. The molecule has 0 saturated carbocycles. The van der Waals surface area contributed by atoms with Crippen molar-refractivity contribution < 1.29 is 5.11 Å². The average Bonchev–Trinajstić information content (AvgIpc) is 2.63. The minimum absolute atomic E-state index is 0.318. The van der Waals surface area contributed by atoms with Gasteiger partial charge < -0.3 is 10.4 Å². The van der Waals surface area contributed by atoms with Gasteiger partial charge in [-0.05, 0) is 26.4 Å². The van der Waals surface area contributed by atoms with E-state index in [1.165, 1.54) is 4.88 Å². The van der Waals surface area contributed by atoms with Gasteiger partial charge in [-0.25, -0.2) is 4.98 Å². The van der Waals surface area contributed by atoms with E-state index in [9.17, 15) is 5.11 Å². The van der Waals surface area contributed by atoms with E-state index in [-0.39, 0.29) is 6.10 Å². The van der Waals surface area contributed by atoms with Gasteiger partial charge >= 0.3 is 0 Å². The summed E-state index contributed by atoms with van der Waals surface area (Å²) in [4.78, 5) is 7.65. The normalized spacial score (nSPS) is 13.5. The monoisotopic (exact) mass is 271 g/mol. The second kappa shape index (κ2) is 7.84. The molecule has 1 heterocycles. The molecule has 0 aliphatic carbocycles. The number of nitrogens with one attached hydrogen (secondary N) is 1. The second-order valence-corrected chi connectivity index (χ2v) is 6.20. The molecule has 18 heavy (non-hydrogen) atoms. The van der Waals surface area contributed by atoms with E-state index in [4.69, 9.17) is 0 Å². The van der Waals surface area contributed by atoms with Crippen molar-refractivity contribution in [3.8, 4) is 0 Å². The van der Waals surface area contributed by atoms with Crippen molar-refractivity contribution in [3.05, 3.63) is 16.1 Å². The molecule has 1 rings (SSSR count). The molecule has 0 spiro atoms. The van der Waals surface area contributed by atoms with E-state index in [0.717, 1.165) is 18.8 Å². The first-order chi connectivity index (χ1) is 8.49. The Hall–Kier alpha value is -0.490. The van der Waals surface area contributed by atoms with Crippen molar-refractivity contribution in [2.45, 2.75) is 33.4 Å². The van der Waals surface area contributed by atoms with E-state index in [1.54, 1.807) is 11.3 Å². The molecule has 0 fully saturated rings. The Labute approximate surface area is 114 Å². The predicted molar refractivity (Wildman–Crippen MR) is 76.9 cm³/mol. The Bertz CT molecular complexity index is 341. The molecule has 0 aromatic carbocycles. The Kier molecular flexibility index (Phi) is 6.78. The van der Waals surface area contributed by atoms with Crippen LogP contribution >= 0.6 is 11.3 Å². The van der Waals surface area contributed by atoms with Gasteiger partial charge in [0.15, 0.2) is 0 Å². The lowest BCUT2D eigenvalue weighted by molar-refractivity contribution is 0.121. The maximum atomic E-state index is 9.91. The third-order valence-corrected chi connectivity index (χ3v) is 3.63. The van der Waals surface area contributed by atoms with Crippen LogP contribution in [0.2, 0.25) is 0 Å². The zero-order valence-corrected chi connectivity index (χ0v) is 12.6. The van der Waals surface area contributed by atoms with Crippen molar-refractivity contribution in [1.29, 1.82) is 0 Å². The third-order valence-electron chi connectivity index (χ3n) is 2.71. The summed E-state index contributed by atoms with van der Waals surface area (Å²) in [5.41, 5.74) is 2.97. The Morgan fingerprint density at radius 2 is 2.17 bits per heavy atom. The standard InChI is InChI=1S/C13H25N3OS/c1-10(2)5-14-6-12(17)7-16(4)8-13-11(3)15-9-18-13/h9-10,12,14,17H,5-8H2,1-4H3. The van der Waals surface area contributed by atoms with Gasteiger partial charge in [-0.3, -0.25) is 4.90 Å². The van der Waals surface area contributed by atoms with Crippen LogP contribution in [0.1, 0.15) is 24.4 Å². The molecule has 0 bridgehead atoms. The lowest BCUT2D eigenvalue weighted by atomic mass is 10.2. The van der Waals surface area contributed by atoms with Crippen LogP contribution in [-0.2, 0) is 6.54 Å². The summed E-state index contributed by atoms with van der Waals surface area (Å²) >= 11 is 1.68. The van der Waals surface area contributed by atoms with Crippen LogP contribution in [0.4, 0.5) is 0 Å². The molecule has 5 heteroatoms. The number of rotatable bonds is 8. The van der Waals surface area contributed by atoms with E-state index in [2.05, 4.69) is 29.0 Å². The van der Waals surface area contributed by atoms with Gasteiger partial charge in [-0.2, -0.15) is 0 Å². The molecule has 0 amide bonds. The maximum Gasteiger partial charge on any atom is 0.0798 e. The van der Waals surface area contributed by atoms with Gasteiger partial charge in [-0.1, -0.05) is 13.8 Å². The van der Waals surface area contributed by atoms with Crippen molar-refractivity contribution >= 4 is 11.3 Å². The molecule has 104 valence electrons. The topological polar surface area (TPSA) is 48.4 Å².